The van der Waals surface area contributed by atoms with E-state index in [2.05, 4.69) is 0 Å². The van der Waals surface area contributed by atoms with E-state index in [-0.39, 0.29) is 6.61 Å². The average molecular weight is 116 g/mol. The van der Waals surface area contributed by atoms with Crippen LogP contribution in [0.2, 0.25) is 0 Å². The van der Waals surface area contributed by atoms with Gasteiger partial charge in [-0.1, -0.05) is 0 Å². The normalized spacial score (nSPS) is 48.4. The van der Waals surface area contributed by atoms with E-state index in [1.54, 1.807) is 0 Å². The summed E-state index contributed by atoms with van der Waals surface area (Å²) < 4.78 is 10.00. The first-order valence-corrected chi connectivity index (χ1v) is 2.81. The fourth-order valence-electron chi connectivity index (χ4n) is 0.812. The van der Waals surface area contributed by atoms with Gasteiger partial charge in [0.1, 0.15) is 18.3 Å². The van der Waals surface area contributed by atoms with Gasteiger partial charge < -0.3 is 14.6 Å². The molecule has 1 aliphatic carbocycles. The maximum atomic E-state index is 8.28. The van der Waals surface area contributed by atoms with Crippen LogP contribution < -0.4 is 0 Å². The SMILES string of the molecule is OCCOC1[C@H]2O[C@@H]12. The quantitative estimate of drug-likeness (QED) is 0.488. The van der Waals surface area contributed by atoms with Gasteiger partial charge in [-0.15, -0.1) is 0 Å². The fourth-order valence-corrected chi connectivity index (χ4v) is 0.812. The van der Waals surface area contributed by atoms with Crippen LogP contribution >= 0.6 is 0 Å². The van der Waals surface area contributed by atoms with Crippen LogP contribution in [-0.4, -0.2) is 36.6 Å². The van der Waals surface area contributed by atoms with Crippen LogP contribution in [-0.2, 0) is 9.47 Å². The van der Waals surface area contributed by atoms with Crippen molar-refractivity contribution in [2.45, 2.75) is 18.3 Å². The summed E-state index contributed by atoms with van der Waals surface area (Å²) in [5.41, 5.74) is 0. The number of epoxide rings is 1. The van der Waals surface area contributed by atoms with Crippen molar-refractivity contribution in [2.75, 3.05) is 13.2 Å². The molecule has 1 saturated carbocycles. The van der Waals surface area contributed by atoms with Crippen molar-refractivity contribution in [3.05, 3.63) is 0 Å². The van der Waals surface area contributed by atoms with Gasteiger partial charge in [0, 0.05) is 0 Å². The van der Waals surface area contributed by atoms with E-state index in [0.717, 1.165) is 0 Å². The molecule has 3 nitrogen and oxygen atoms in total. The van der Waals surface area contributed by atoms with Gasteiger partial charge in [-0.2, -0.15) is 0 Å². The molecule has 1 heterocycles. The Hall–Kier alpha value is -0.120. The summed E-state index contributed by atoms with van der Waals surface area (Å²) in [4.78, 5) is 0. The largest absolute Gasteiger partial charge is 0.394 e. The van der Waals surface area contributed by atoms with Gasteiger partial charge in [-0.25, -0.2) is 0 Å². The Bertz CT molecular complexity index is 95.8. The number of fused-ring (bicyclic) bond motifs is 1. The maximum Gasteiger partial charge on any atom is 0.116 e. The summed E-state index contributed by atoms with van der Waals surface area (Å²) in [6.45, 7) is 0.580. The molecule has 2 rings (SSSR count). The van der Waals surface area contributed by atoms with E-state index in [9.17, 15) is 0 Å². The van der Waals surface area contributed by atoms with E-state index in [1.807, 2.05) is 0 Å². The Balaban J connectivity index is 1.59. The Labute approximate surface area is 47.2 Å². The molecule has 1 saturated heterocycles. The summed E-state index contributed by atoms with van der Waals surface area (Å²) in [7, 11) is 0. The van der Waals surface area contributed by atoms with Gasteiger partial charge in [0.15, 0.2) is 0 Å². The zero-order valence-corrected chi connectivity index (χ0v) is 4.41. The van der Waals surface area contributed by atoms with Crippen molar-refractivity contribution in [1.29, 1.82) is 0 Å². The first-order chi connectivity index (χ1) is 3.93. The predicted molar refractivity (Wildman–Crippen MR) is 25.5 cm³/mol. The third kappa shape index (κ3) is 0.555. The molecule has 2 fully saturated rings. The Kier molecular flexibility index (Phi) is 0.848. The molecule has 0 spiro atoms. The van der Waals surface area contributed by atoms with Crippen LogP contribution in [0.3, 0.4) is 0 Å². The Morgan fingerprint density at radius 3 is 2.62 bits per heavy atom. The fraction of sp³-hybridized carbons (Fsp3) is 1.00. The lowest BCUT2D eigenvalue weighted by atomic mass is 10.7. The molecule has 8 heavy (non-hydrogen) atoms. The second-order valence-corrected chi connectivity index (χ2v) is 2.12. The first-order valence-electron chi connectivity index (χ1n) is 2.81. The molecule has 0 amide bonds. The lowest BCUT2D eigenvalue weighted by Crippen LogP contribution is -2.10. The van der Waals surface area contributed by atoms with E-state index >= 15 is 0 Å². The minimum absolute atomic E-state index is 0.121. The number of ether oxygens (including phenoxy) is 2. The van der Waals surface area contributed by atoms with Crippen LogP contribution in [0, 0.1) is 0 Å². The second kappa shape index (κ2) is 1.43. The van der Waals surface area contributed by atoms with Crippen molar-refractivity contribution in [3.8, 4) is 0 Å². The van der Waals surface area contributed by atoms with Gasteiger partial charge >= 0.3 is 0 Å². The molecule has 0 aromatic carbocycles. The molecule has 1 aliphatic heterocycles. The highest BCUT2D eigenvalue weighted by Gasteiger charge is 2.69. The van der Waals surface area contributed by atoms with Crippen LogP contribution in [0.15, 0.2) is 0 Å². The molecule has 0 aromatic rings. The van der Waals surface area contributed by atoms with Gasteiger partial charge in [0.25, 0.3) is 0 Å². The van der Waals surface area contributed by atoms with Crippen molar-refractivity contribution in [1.82, 2.24) is 0 Å². The summed E-state index contributed by atoms with van der Waals surface area (Å²) >= 11 is 0. The summed E-state index contributed by atoms with van der Waals surface area (Å²) in [6.07, 6.45) is 1.14. The molecular formula is C5H8O3. The predicted octanol–water partition coefficient (Wildman–Crippen LogP) is -0.855. The maximum absolute atomic E-state index is 8.28. The molecule has 0 bridgehead atoms. The molecule has 46 valence electrons. The van der Waals surface area contributed by atoms with Gasteiger partial charge in [-0.05, 0) is 0 Å². The number of aliphatic hydroxyl groups is 1. The van der Waals surface area contributed by atoms with E-state index < -0.39 is 0 Å². The molecule has 3 heteroatoms. The Morgan fingerprint density at radius 1 is 1.50 bits per heavy atom. The summed E-state index contributed by atoms with van der Waals surface area (Å²) in [6, 6.07) is 0. The van der Waals surface area contributed by atoms with E-state index in [4.69, 9.17) is 14.6 Å². The third-order valence-corrected chi connectivity index (χ3v) is 1.47. The number of aliphatic hydroxyl groups excluding tert-OH is 1. The van der Waals surface area contributed by atoms with Crippen LogP contribution in [0.1, 0.15) is 0 Å². The van der Waals surface area contributed by atoms with E-state index in [1.165, 1.54) is 0 Å². The zero-order chi connectivity index (χ0) is 5.56. The molecule has 1 unspecified atom stereocenters. The van der Waals surface area contributed by atoms with Gasteiger partial charge in [-0.3, -0.25) is 0 Å². The smallest absolute Gasteiger partial charge is 0.116 e. The monoisotopic (exact) mass is 116 g/mol. The van der Waals surface area contributed by atoms with Crippen molar-refractivity contribution >= 4 is 0 Å². The molecule has 0 radical (unpaired) electrons. The molecule has 1 N–H and O–H groups in total. The molecule has 3 atom stereocenters. The second-order valence-electron chi connectivity index (χ2n) is 2.12. The van der Waals surface area contributed by atoms with Crippen molar-refractivity contribution in [3.63, 3.8) is 0 Å². The highest BCUT2D eigenvalue weighted by molar-refractivity contribution is 5.16. The van der Waals surface area contributed by atoms with Gasteiger partial charge in [0.2, 0.25) is 0 Å². The average Bonchev–Trinajstić information content (AvgIpc) is 2.50. The molecular weight excluding hydrogens is 108 g/mol. The zero-order valence-electron chi connectivity index (χ0n) is 4.41. The van der Waals surface area contributed by atoms with Crippen LogP contribution in [0.4, 0.5) is 0 Å². The molecule has 0 aromatic heterocycles. The number of rotatable bonds is 3. The lowest BCUT2D eigenvalue weighted by molar-refractivity contribution is 0.00543. The third-order valence-electron chi connectivity index (χ3n) is 1.47. The minimum atomic E-state index is 0.121. The minimum Gasteiger partial charge on any atom is -0.394 e. The van der Waals surface area contributed by atoms with Crippen LogP contribution in [0.5, 0.6) is 0 Å². The van der Waals surface area contributed by atoms with Crippen LogP contribution in [0.25, 0.3) is 0 Å². The first kappa shape index (κ1) is 4.73. The van der Waals surface area contributed by atoms with E-state index in [0.29, 0.717) is 24.9 Å². The van der Waals surface area contributed by atoms with Gasteiger partial charge in [0.05, 0.1) is 13.2 Å². The Morgan fingerprint density at radius 2 is 2.25 bits per heavy atom. The van der Waals surface area contributed by atoms with Crippen molar-refractivity contribution < 1.29 is 14.6 Å². The molecule has 2 aliphatic rings. The lowest BCUT2D eigenvalue weighted by Gasteiger charge is -2.01. The topological polar surface area (TPSA) is 42.0 Å². The standard InChI is InChI=1S/C5H8O3/c6-1-2-7-3-4-5(3)8-4/h3-6H,1-2H2/t3?,4-,5+. The number of hydrogen-bond donors (Lipinski definition) is 1. The highest BCUT2D eigenvalue weighted by Crippen LogP contribution is 2.48. The number of hydrogen-bond acceptors (Lipinski definition) is 3. The van der Waals surface area contributed by atoms with Crippen molar-refractivity contribution in [2.24, 2.45) is 0 Å². The summed E-state index contributed by atoms with van der Waals surface area (Å²) in [5.74, 6) is 0. The summed E-state index contributed by atoms with van der Waals surface area (Å²) in [5, 5.41) is 8.28. The highest BCUT2D eigenvalue weighted by atomic mass is 16.7.